The first-order valence-electron chi connectivity index (χ1n) is 4.43. The Labute approximate surface area is 72.3 Å². The molecule has 0 aromatic heterocycles. The normalized spacial score (nSPS) is 37.2. The average molecular weight is 169 g/mol. The summed E-state index contributed by atoms with van der Waals surface area (Å²) in [6.07, 6.45) is 1.11. The van der Waals surface area contributed by atoms with E-state index in [9.17, 15) is 4.79 Å². The Balaban J connectivity index is 1.91. The maximum absolute atomic E-state index is 11.2. The lowest BCUT2D eigenvalue weighted by Crippen LogP contribution is -2.64. The number of nitrogens with zero attached hydrogens (tertiary/aromatic N) is 2. The molecule has 2 unspecified atom stereocenters. The fraction of sp³-hybridized carbons (Fsp3) is 0.875. The molecule has 4 nitrogen and oxygen atoms in total. The molecule has 0 radical (unpaired) electrons. The van der Waals surface area contributed by atoms with Gasteiger partial charge in [-0.1, -0.05) is 0 Å². The number of carbonyl (C=O) groups excluding carboxylic acids is 1. The van der Waals surface area contributed by atoms with E-state index < -0.39 is 0 Å². The Kier molecular flexibility index (Phi) is 1.81. The van der Waals surface area contributed by atoms with Crippen LogP contribution in [0.1, 0.15) is 6.42 Å². The Morgan fingerprint density at radius 3 is 2.67 bits per heavy atom. The first-order valence-corrected chi connectivity index (χ1v) is 4.43. The number of carbonyl (C=O) groups is 1. The molecule has 2 N–H and O–H groups in total. The molecule has 2 heterocycles. The predicted molar refractivity (Wildman–Crippen MR) is 45.6 cm³/mol. The molecule has 4 heteroatoms. The first kappa shape index (κ1) is 8.01. The van der Waals surface area contributed by atoms with Crippen molar-refractivity contribution in [2.24, 2.45) is 5.73 Å². The van der Waals surface area contributed by atoms with Crippen LogP contribution in [0.4, 0.5) is 0 Å². The van der Waals surface area contributed by atoms with Crippen LogP contribution in [0.5, 0.6) is 0 Å². The zero-order valence-electron chi connectivity index (χ0n) is 7.36. The second kappa shape index (κ2) is 2.71. The van der Waals surface area contributed by atoms with Crippen molar-refractivity contribution in [2.45, 2.75) is 18.5 Å². The molecule has 1 amide bonds. The molecule has 12 heavy (non-hydrogen) atoms. The molecular formula is C8H15N3O. The van der Waals surface area contributed by atoms with Gasteiger partial charge in [-0.2, -0.15) is 0 Å². The van der Waals surface area contributed by atoms with Gasteiger partial charge in [-0.15, -0.1) is 0 Å². The van der Waals surface area contributed by atoms with Crippen molar-refractivity contribution in [1.29, 1.82) is 0 Å². The molecule has 2 atom stereocenters. The largest absolute Gasteiger partial charge is 0.335 e. The van der Waals surface area contributed by atoms with Gasteiger partial charge in [-0.05, 0) is 20.0 Å². The number of likely N-dealkylation sites (N-methyl/N-ethyl adjacent to an activating group) is 1. The van der Waals surface area contributed by atoms with Gasteiger partial charge in [-0.3, -0.25) is 4.79 Å². The summed E-state index contributed by atoms with van der Waals surface area (Å²) in [6.45, 7) is 2.87. The van der Waals surface area contributed by atoms with Crippen molar-refractivity contribution in [3.05, 3.63) is 0 Å². The highest BCUT2D eigenvalue weighted by Crippen LogP contribution is 2.20. The minimum Gasteiger partial charge on any atom is -0.335 e. The summed E-state index contributed by atoms with van der Waals surface area (Å²) in [5.41, 5.74) is 5.51. The van der Waals surface area contributed by atoms with Gasteiger partial charge in [0.15, 0.2) is 0 Å². The summed E-state index contributed by atoms with van der Waals surface area (Å²) in [5, 5.41) is 0. The van der Waals surface area contributed by atoms with E-state index in [1.54, 1.807) is 0 Å². The number of amides is 1. The third-order valence-electron chi connectivity index (χ3n) is 2.80. The van der Waals surface area contributed by atoms with Gasteiger partial charge in [0.05, 0.1) is 0 Å². The smallest absolute Gasteiger partial charge is 0.241 e. The highest BCUT2D eigenvalue weighted by atomic mass is 16.2. The van der Waals surface area contributed by atoms with Crippen LogP contribution in [-0.4, -0.2) is 54.5 Å². The van der Waals surface area contributed by atoms with Gasteiger partial charge in [0.2, 0.25) is 5.91 Å². The van der Waals surface area contributed by atoms with Gasteiger partial charge in [0.25, 0.3) is 0 Å². The molecule has 0 aromatic carbocycles. The molecule has 0 saturated carbocycles. The summed E-state index contributed by atoms with van der Waals surface area (Å²) in [5.74, 6) is 0.135. The lowest BCUT2D eigenvalue weighted by Gasteiger charge is -2.40. The molecule has 0 aromatic rings. The van der Waals surface area contributed by atoms with E-state index in [0.29, 0.717) is 6.04 Å². The average Bonchev–Trinajstić information content (AvgIpc) is 2.46. The van der Waals surface area contributed by atoms with E-state index in [1.165, 1.54) is 0 Å². The maximum atomic E-state index is 11.2. The van der Waals surface area contributed by atoms with Crippen LogP contribution in [0.2, 0.25) is 0 Å². The molecule has 2 aliphatic heterocycles. The van der Waals surface area contributed by atoms with Crippen LogP contribution >= 0.6 is 0 Å². The Morgan fingerprint density at radius 1 is 1.50 bits per heavy atom. The van der Waals surface area contributed by atoms with Gasteiger partial charge in [0.1, 0.15) is 6.04 Å². The predicted octanol–water partition coefficient (Wildman–Crippen LogP) is -1.14. The molecule has 0 spiro atoms. The molecule has 0 bridgehead atoms. The number of rotatable bonds is 1. The number of hydrogen-bond acceptors (Lipinski definition) is 3. The molecule has 2 fully saturated rings. The quantitative estimate of drug-likeness (QED) is 0.505. The second-order valence-electron chi connectivity index (χ2n) is 3.80. The van der Waals surface area contributed by atoms with E-state index in [-0.39, 0.29) is 11.9 Å². The minimum atomic E-state index is -0.212. The number of nitrogens with two attached hydrogens (primary N) is 1. The maximum Gasteiger partial charge on any atom is 0.241 e. The monoisotopic (exact) mass is 169 g/mol. The Hall–Kier alpha value is -0.610. The van der Waals surface area contributed by atoms with Crippen molar-refractivity contribution in [3.63, 3.8) is 0 Å². The Bertz CT molecular complexity index is 206. The second-order valence-corrected chi connectivity index (χ2v) is 3.80. The fourth-order valence-corrected chi connectivity index (χ4v) is 1.98. The highest BCUT2D eigenvalue weighted by Gasteiger charge is 2.40. The van der Waals surface area contributed by atoms with E-state index >= 15 is 0 Å². The van der Waals surface area contributed by atoms with Crippen molar-refractivity contribution in [3.8, 4) is 0 Å². The van der Waals surface area contributed by atoms with Crippen LogP contribution in [0.15, 0.2) is 0 Å². The SMILES string of the molecule is CN1CCC(N2CC(N)C2=O)C1. The van der Waals surface area contributed by atoms with Crippen molar-refractivity contribution in [1.82, 2.24) is 9.80 Å². The third-order valence-corrected chi connectivity index (χ3v) is 2.80. The summed E-state index contributed by atoms with van der Waals surface area (Å²) in [6, 6.07) is 0.221. The van der Waals surface area contributed by atoms with Crippen LogP contribution in [0, 0.1) is 0 Å². The Morgan fingerprint density at radius 2 is 2.25 bits per heavy atom. The molecular weight excluding hydrogens is 154 g/mol. The standard InChI is InChI=1S/C8H15N3O/c1-10-3-2-6(4-10)11-5-7(9)8(11)12/h6-7H,2-5,9H2,1H3. The summed E-state index contributed by atoms with van der Waals surface area (Å²) in [4.78, 5) is 15.4. The summed E-state index contributed by atoms with van der Waals surface area (Å²) in [7, 11) is 2.09. The first-order chi connectivity index (χ1) is 5.68. The fourth-order valence-electron chi connectivity index (χ4n) is 1.98. The summed E-state index contributed by atoms with van der Waals surface area (Å²) >= 11 is 0. The summed E-state index contributed by atoms with van der Waals surface area (Å²) < 4.78 is 0. The van der Waals surface area contributed by atoms with Gasteiger partial charge in [-0.25, -0.2) is 0 Å². The lowest BCUT2D eigenvalue weighted by molar-refractivity contribution is -0.145. The van der Waals surface area contributed by atoms with Crippen molar-refractivity contribution < 1.29 is 4.79 Å². The van der Waals surface area contributed by atoms with E-state index in [4.69, 9.17) is 5.73 Å². The molecule has 2 rings (SSSR count). The van der Waals surface area contributed by atoms with Crippen LogP contribution in [0.3, 0.4) is 0 Å². The number of hydrogen-bond donors (Lipinski definition) is 1. The molecule has 0 aliphatic carbocycles. The van der Waals surface area contributed by atoms with E-state index in [0.717, 1.165) is 26.1 Å². The zero-order valence-corrected chi connectivity index (χ0v) is 7.36. The highest BCUT2D eigenvalue weighted by molar-refractivity contribution is 5.88. The topological polar surface area (TPSA) is 49.6 Å². The number of β-lactam (4-membered cyclic amide) rings is 1. The van der Waals surface area contributed by atoms with Gasteiger partial charge >= 0.3 is 0 Å². The van der Waals surface area contributed by atoms with Gasteiger partial charge < -0.3 is 15.5 Å². The lowest BCUT2D eigenvalue weighted by atomic mass is 10.0. The van der Waals surface area contributed by atoms with Gasteiger partial charge in [0, 0.05) is 19.1 Å². The third kappa shape index (κ3) is 1.11. The van der Waals surface area contributed by atoms with Crippen LogP contribution in [-0.2, 0) is 4.79 Å². The molecule has 2 aliphatic rings. The zero-order chi connectivity index (χ0) is 8.72. The van der Waals surface area contributed by atoms with Crippen molar-refractivity contribution >= 4 is 5.91 Å². The van der Waals surface area contributed by atoms with Crippen molar-refractivity contribution in [2.75, 3.05) is 26.7 Å². The molecule has 2 saturated heterocycles. The van der Waals surface area contributed by atoms with Crippen LogP contribution < -0.4 is 5.73 Å². The minimum absolute atomic E-state index is 0.135. The number of likely N-dealkylation sites (tertiary alicyclic amines) is 2. The van der Waals surface area contributed by atoms with Crippen LogP contribution in [0.25, 0.3) is 0 Å². The van der Waals surface area contributed by atoms with E-state index in [2.05, 4.69) is 11.9 Å². The molecule has 68 valence electrons. The van der Waals surface area contributed by atoms with E-state index in [1.807, 2.05) is 4.90 Å².